The van der Waals surface area contributed by atoms with Crippen molar-refractivity contribution in [2.45, 2.75) is 371 Å². The molecule has 0 aromatic rings. The third-order valence-corrected chi connectivity index (χ3v) is 46.6. The lowest BCUT2D eigenvalue weighted by Crippen LogP contribution is -2.41. The van der Waals surface area contributed by atoms with E-state index in [1.165, 1.54) is 31.0 Å². The Kier molecular flexibility index (Phi) is 107. The summed E-state index contributed by atoms with van der Waals surface area (Å²) in [6, 6.07) is 8.98. The Labute approximate surface area is 730 Å². The van der Waals surface area contributed by atoms with Gasteiger partial charge in [-0.05, 0) is 188 Å². The van der Waals surface area contributed by atoms with E-state index in [9.17, 15) is 0 Å². The molecular weight excluding hydrogens is 1860 g/mol. The van der Waals surface area contributed by atoms with E-state index in [1.807, 2.05) is 47.7 Å². The van der Waals surface area contributed by atoms with Gasteiger partial charge in [-0.25, -0.2) is 0 Å². The van der Waals surface area contributed by atoms with Crippen molar-refractivity contribution < 1.29 is 18.4 Å². The number of aliphatic hydroxyl groups is 1. The zero-order valence-electron chi connectivity index (χ0n) is 70.6. The minimum atomic E-state index is -1.67. The number of halogens is 19. The number of alkyl halides is 9. The molecule has 1 N–H and O–H groups in total. The smallest absolute Gasteiger partial charge is 0.245 e. The van der Waals surface area contributed by atoms with Crippen LogP contribution in [-0.4, -0.2) is 171 Å². The molecule has 0 aromatic heterocycles. The molecule has 0 amide bonds. The van der Waals surface area contributed by atoms with Crippen LogP contribution in [-0.2, 0) is 13.3 Å². The van der Waals surface area contributed by atoms with Crippen molar-refractivity contribution >= 4 is 306 Å². The van der Waals surface area contributed by atoms with Gasteiger partial charge in [0.15, 0.2) is 60.9 Å². The van der Waals surface area contributed by atoms with Gasteiger partial charge < -0.3 is 18.4 Å². The van der Waals surface area contributed by atoms with Gasteiger partial charge in [0.2, 0.25) is 15.0 Å². The first kappa shape index (κ1) is 137. The molecule has 0 aliphatic rings. The van der Waals surface area contributed by atoms with E-state index in [4.69, 9.17) is 234 Å². The molecule has 35 heteroatoms. The molecule has 4 nitrogen and oxygen atoms in total. The first-order valence-electron chi connectivity index (χ1n) is 36.0. The SMILES string of the molecule is CC(Cl)C[Si](C)(C)Cl.CC(Cl)C[Si](C)(C)Cl.CCC(Cl)[Si](C)(C)Cl.CCC(Cl)[Si](C)(C)Cl.CCC[Si](C)(C)Cl.CCC[Si](C)(C)Cl.CCO.CCO[Si](C)(C)C(Cl)CC.CCO[Si](C)(C)CC(C)Cl.CCO[Si](C)(C)CCCCl.C[Si](C)(Cl)CCCCl.C[Si](C)(Cl)CCCCl.C[Si](C)(Cl)Cl. The maximum atomic E-state index is 7.57. The first-order valence-corrected chi connectivity index (χ1v) is 88.0. The summed E-state index contributed by atoms with van der Waals surface area (Å²) in [6.07, 6.45) is 8.72. The van der Waals surface area contributed by atoms with Gasteiger partial charge in [-0.1, -0.05) is 152 Å². The molecule has 0 heterocycles. The lowest BCUT2D eigenvalue weighted by molar-refractivity contribution is 0.318. The van der Waals surface area contributed by atoms with E-state index in [0.29, 0.717) is 0 Å². The fourth-order valence-corrected chi connectivity index (χ4v) is 32.1. The van der Waals surface area contributed by atoms with E-state index in [2.05, 4.69) is 186 Å². The molecule has 0 radical (unpaired) electrons. The Hall–Kier alpha value is 7.95. The van der Waals surface area contributed by atoms with Gasteiger partial charge >= 0.3 is 0 Å². The summed E-state index contributed by atoms with van der Waals surface area (Å²) >= 11 is 110. The highest BCUT2D eigenvalue weighted by Gasteiger charge is 2.31. The van der Waals surface area contributed by atoms with E-state index >= 15 is 0 Å². The second kappa shape index (κ2) is 78.1. The third kappa shape index (κ3) is 174. The highest BCUT2D eigenvalue weighted by Crippen LogP contribution is 2.25. The van der Waals surface area contributed by atoms with Crippen LogP contribution in [0.1, 0.15) is 134 Å². The number of rotatable bonds is 31. The van der Waals surface area contributed by atoms with Crippen LogP contribution in [0.4, 0.5) is 0 Å². The van der Waals surface area contributed by atoms with Gasteiger partial charge in [0.25, 0.3) is 0 Å². The predicted molar refractivity (Wildman–Crippen MR) is 527 cm³/mol. The average Bonchev–Trinajstić information content (AvgIpc) is 0.909. The highest BCUT2D eigenvalue weighted by molar-refractivity contribution is 7.44. The van der Waals surface area contributed by atoms with Gasteiger partial charge in [0.05, 0.1) is 5.00 Å². The first-order chi connectivity index (χ1) is 44.1. The molecule has 0 aliphatic carbocycles. The molecule has 0 saturated heterocycles. The van der Waals surface area contributed by atoms with Crippen molar-refractivity contribution in [2.75, 3.05) is 44.1 Å². The molecule has 6 unspecified atom stereocenters. The molecule has 0 saturated carbocycles. The molecule has 0 aromatic carbocycles. The van der Waals surface area contributed by atoms with Crippen LogP contribution >= 0.6 is 215 Å². The van der Waals surface area contributed by atoms with Crippen LogP contribution in [0, 0.1) is 0 Å². The second-order valence-corrected chi connectivity index (χ2v) is 114. The predicted octanol–water partition coefficient (Wildman–Crippen LogP) is 34.5. The Balaban J connectivity index is -0.0000000750. The van der Waals surface area contributed by atoms with E-state index < -0.39 is 90.7 Å². The van der Waals surface area contributed by atoms with E-state index in [1.54, 1.807) is 6.92 Å². The molecule has 100 heavy (non-hydrogen) atoms. The summed E-state index contributed by atoms with van der Waals surface area (Å²) in [4.78, 5) is 0. The molecule has 0 fully saturated rings. The van der Waals surface area contributed by atoms with Crippen LogP contribution < -0.4 is 0 Å². The summed E-state index contributed by atoms with van der Waals surface area (Å²) in [6.45, 7) is 76.3. The molecule has 0 spiro atoms. The van der Waals surface area contributed by atoms with Crippen molar-refractivity contribution in [1.29, 1.82) is 0 Å². The second-order valence-electron chi connectivity index (χ2n) is 31.0. The summed E-state index contributed by atoms with van der Waals surface area (Å²) in [5.41, 5.74) is 0. The summed E-state index contributed by atoms with van der Waals surface area (Å²) < 4.78 is 16.8. The molecule has 0 aliphatic heterocycles. The van der Waals surface area contributed by atoms with Crippen molar-refractivity contribution in [1.82, 2.24) is 0 Å². The van der Waals surface area contributed by atoms with Crippen molar-refractivity contribution in [3.63, 3.8) is 0 Å². The van der Waals surface area contributed by atoms with Crippen LogP contribution in [0.2, 0.25) is 205 Å². The van der Waals surface area contributed by atoms with Gasteiger partial charge in [0.1, 0.15) is 14.8 Å². The van der Waals surface area contributed by atoms with Gasteiger partial charge in [-0.3, -0.25) is 0 Å². The minimum absolute atomic E-state index is 0.226. The van der Waals surface area contributed by atoms with Crippen LogP contribution in [0.3, 0.4) is 0 Å². The number of aliphatic hydroxyl groups excluding tert-OH is 1. The molecule has 6 atom stereocenters. The topological polar surface area (TPSA) is 47.9 Å². The lowest BCUT2D eigenvalue weighted by Gasteiger charge is -2.26. The fourth-order valence-electron chi connectivity index (χ4n) is 7.51. The van der Waals surface area contributed by atoms with Crippen molar-refractivity contribution in [3.05, 3.63) is 0 Å². The largest absolute Gasteiger partial charge is 0.418 e. The Morgan fingerprint density at radius 2 is 0.510 bits per heavy atom. The summed E-state index contributed by atoms with van der Waals surface area (Å²) in [5, 5.41) is 9.03. The zero-order chi connectivity index (χ0) is 83.8. The summed E-state index contributed by atoms with van der Waals surface area (Å²) in [5.74, 6) is 2.27. The van der Waals surface area contributed by atoms with Gasteiger partial charge in [0, 0.05) is 70.2 Å². The van der Waals surface area contributed by atoms with Crippen LogP contribution in [0.5, 0.6) is 0 Å². The third-order valence-electron chi connectivity index (χ3n) is 11.6. The molecule has 0 rings (SSSR count). The molecule has 0 bridgehead atoms. The molecular formula is C65H161Cl19O4Si12. The quantitative estimate of drug-likeness (QED) is 0.0427. The Morgan fingerprint density at radius 1 is 0.300 bits per heavy atom. The van der Waals surface area contributed by atoms with Crippen molar-refractivity contribution in [2.24, 2.45) is 0 Å². The average molecular weight is 2020 g/mol. The van der Waals surface area contributed by atoms with Gasteiger partial charge in [-0.2, -0.15) is 88.6 Å². The van der Waals surface area contributed by atoms with Crippen LogP contribution in [0.15, 0.2) is 0 Å². The van der Waals surface area contributed by atoms with Gasteiger partial charge in [-0.15, -0.1) is 127 Å². The lowest BCUT2D eigenvalue weighted by atomic mass is 10.6. The zero-order valence-corrected chi connectivity index (χ0v) is 96.9. The maximum Gasteiger partial charge on any atom is 0.245 e. The normalized spacial score (nSPS) is 13.8. The fraction of sp³-hybridized carbons (Fsp3) is 1.00. The Bertz CT molecular complexity index is 1550. The van der Waals surface area contributed by atoms with Crippen LogP contribution in [0.25, 0.3) is 0 Å². The minimum Gasteiger partial charge on any atom is -0.418 e. The summed E-state index contributed by atoms with van der Waals surface area (Å²) in [7, 11) is -15.0. The maximum absolute atomic E-state index is 7.57. The van der Waals surface area contributed by atoms with E-state index in [0.717, 1.165) is 106 Å². The highest BCUT2D eigenvalue weighted by atomic mass is 35.7. The number of hydrogen-bond acceptors (Lipinski definition) is 4. The number of hydrogen-bond donors (Lipinski definition) is 1. The monoisotopic (exact) mass is 2010 g/mol. The Morgan fingerprint density at radius 3 is 0.620 bits per heavy atom. The standard InChI is InChI=1S/3C7H17ClOSi.6C5H12Cl2Si.2C5H13ClSi.C2H6Cl2Si.C2H6O/c1-5-9-10(3,4)6-7(2)8;1-5-7(8)10(3,4)9-6-2;1-4-9-10(2,3)7-5-6-8;2*1-5(6)4-8(2,3)7;2*1-8(2,7)5-3-4-6;2*1-4-5(6)8(2,3)7;2*1-4-5-7(2,3)6;1-5(2,3)4;1-2-3/h2*7H,5-6H2,1-4H3;4-7H2,1-3H3;2*5H,4H2,1-3H3;2*3-5H2,1-2H3;2*5H,4H2,1-3H3;2*4-5H2,1-3H3;1-2H3;3H,2H2,1H3. The van der Waals surface area contributed by atoms with Crippen molar-refractivity contribution in [3.8, 4) is 0 Å². The molecule has 626 valence electrons. The van der Waals surface area contributed by atoms with E-state index in [-0.39, 0.29) is 37.7 Å².